The lowest BCUT2D eigenvalue weighted by molar-refractivity contribution is -0.123. The number of ketones is 1. The number of hydrogen-bond donors (Lipinski definition) is 2. The number of carbonyl (C=O) groups excluding carboxylic acids is 2. The molecule has 1 aromatic rings. The average Bonchev–Trinajstić information content (AvgIpc) is 2.86. The number of nitrogens with zero attached hydrogens (tertiary/aromatic N) is 1. The predicted octanol–water partition coefficient (Wildman–Crippen LogP) is 1.42. The molecular formula is C17H23N3O2. The van der Waals surface area contributed by atoms with E-state index < -0.39 is 0 Å². The molecule has 0 bridgehead atoms. The van der Waals surface area contributed by atoms with Crippen LogP contribution in [0, 0.1) is 5.92 Å². The number of nitrogens with one attached hydrogen (secondary N) is 1. The highest BCUT2D eigenvalue weighted by Gasteiger charge is 2.25. The minimum absolute atomic E-state index is 0.0288. The van der Waals surface area contributed by atoms with E-state index in [1.807, 2.05) is 18.2 Å². The van der Waals surface area contributed by atoms with Gasteiger partial charge in [-0.2, -0.15) is 0 Å². The number of benzene rings is 1. The molecule has 118 valence electrons. The highest BCUT2D eigenvalue weighted by molar-refractivity contribution is 5.98. The van der Waals surface area contributed by atoms with E-state index in [1.165, 1.54) is 5.56 Å². The van der Waals surface area contributed by atoms with Crippen molar-refractivity contribution in [2.75, 3.05) is 25.0 Å². The molecule has 3 N–H and O–H groups in total. The fourth-order valence-electron chi connectivity index (χ4n) is 3.39. The number of nitrogens with two attached hydrogens (primary N) is 1. The third-order valence-electron chi connectivity index (χ3n) is 4.71. The zero-order chi connectivity index (χ0) is 15.7. The summed E-state index contributed by atoms with van der Waals surface area (Å²) in [6.45, 7) is 4.10. The lowest BCUT2D eigenvalue weighted by atomic mass is 9.96. The van der Waals surface area contributed by atoms with Crippen LogP contribution in [0.1, 0.15) is 35.7 Å². The summed E-state index contributed by atoms with van der Waals surface area (Å²) in [5.41, 5.74) is 8.49. The Kier molecular flexibility index (Phi) is 4.16. The standard InChI is InChI=1S/C17H23N3O2/c1-11-8-14-9-13(2-3-15(14)19-11)16(21)10-20-6-4-12(5-7-20)17(18)22/h2-3,9,11-12,19H,4-8,10H2,1H3,(H2,18,22). The maximum Gasteiger partial charge on any atom is 0.220 e. The number of fused-ring (bicyclic) bond motifs is 1. The largest absolute Gasteiger partial charge is 0.382 e. The molecule has 0 aliphatic carbocycles. The van der Waals surface area contributed by atoms with Gasteiger partial charge in [-0.15, -0.1) is 0 Å². The molecule has 0 spiro atoms. The summed E-state index contributed by atoms with van der Waals surface area (Å²) < 4.78 is 0. The number of rotatable bonds is 4. The molecule has 2 aliphatic rings. The number of primary amides is 1. The van der Waals surface area contributed by atoms with E-state index in [1.54, 1.807) is 0 Å². The summed E-state index contributed by atoms with van der Waals surface area (Å²) in [6, 6.07) is 6.37. The van der Waals surface area contributed by atoms with Gasteiger partial charge in [0.15, 0.2) is 5.78 Å². The van der Waals surface area contributed by atoms with Gasteiger partial charge in [-0.3, -0.25) is 14.5 Å². The molecule has 0 radical (unpaired) electrons. The van der Waals surface area contributed by atoms with Crippen LogP contribution in [0.3, 0.4) is 0 Å². The van der Waals surface area contributed by atoms with Crippen molar-refractivity contribution in [2.45, 2.75) is 32.2 Å². The molecule has 2 aliphatic heterocycles. The van der Waals surface area contributed by atoms with Crippen LogP contribution in [0.4, 0.5) is 5.69 Å². The smallest absolute Gasteiger partial charge is 0.220 e. The topological polar surface area (TPSA) is 75.4 Å². The second-order valence-corrected chi connectivity index (χ2v) is 6.50. The van der Waals surface area contributed by atoms with E-state index in [4.69, 9.17) is 5.73 Å². The Morgan fingerprint density at radius 2 is 2.05 bits per heavy atom. The molecule has 1 fully saturated rings. The summed E-state index contributed by atoms with van der Waals surface area (Å²) in [6.07, 6.45) is 2.49. The SMILES string of the molecule is CC1Cc2cc(C(=O)CN3CCC(C(N)=O)CC3)ccc2N1. The lowest BCUT2D eigenvalue weighted by Gasteiger charge is -2.29. The first-order valence-corrected chi connectivity index (χ1v) is 7.97. The fraction of sp³-hybridized carbons (Fsp3) is 0.529. The highest BCUT2D eigenvalue weighted by atomic mass is 16.1. The summed E-state index contributed by atoms with van der Waals surface area (Å²) in [4.78, 5) is 25.7. The van der Waals surface area contributed by atoms with Gasteiger partial charge >= 0.3 is 0 Å². The monoisotopic (exact) mass is 301 g/mol. The summed E-state index contributed by atoms with van der Waals surface area (Å²) in [5.74, 6) is -0.0926. The number of amides is 1. The minimum Gasteiger partial charge on any atom is -0.382 e. The molecule has 2 heterocycles. The molecule has 1 aromatic carbocycles. The van der Waals surface area contributed by atoms with Crippen LogP contribution in [0.2, 0.25) is 0 Å². The van der Waals surface area contributed by atoms with Gasteiger partial charge in [0.1, 0.15) is 0 Å². The molecule has 1 amide bonds. The molecule has 1 unspecified atom stereocenters. The van der Waals surface area contributed by atoms with Crippen LogP contribution in [-0.4, -0.2) is 42.3 Å². The minimum atomic E-state index is -0.216. The molecule has 0 saturated carbocycles. The van der Waals surface area contributed by atoms with Gasteiger partial charge in [-0.05, 0) is 63.0 Å². The van der Waals surface area contributed by atoms with Crippen LogP contribution in [-0.2, 0) is 11.2 Å². The van der Waals surface area contributed by atoms with Crippen LogP contribution < -0.4 is 11.1 Å². The molecular weight excluding hydrogens is 278 g/mol. The first-order chi connectivity index (χ1) is 10.5. The number of carbonyl (C=O) groups is 2. The van der Waals surface area contributed by atoms with Crippen molar-refractivity contribution in [2.24, 2.45) is 11.7 Å². The summed E-state index contributed by atoms with van der Waals surface area (Å²) >= 11 is 0. The van der Waals surface area contributed by atoms with Gasteiger partial charge in [0.25, 0.3) is 0 Å². The Balaban J connectivity index is 1.59. The predicted molar refractivity (Wildman–Crippen MR) is 85.9 cm³/mol. The maximum atomic E-state index is 12.5. The van der Waals surface area contributed by atoms with E-state index in [0.29, 0.717) is 12.6 Å². The van der Waals surface area contributed by atoms with E-state index in [2.05, 4.69) is 17.1 Å². The summed E-state index contributed by atoms with van der Waals surface area (Å²) in [7, 11) is 0. The van der Waals surface area contributed by atoms with Crippen LogP contribution in [0.15, 0.2) is 18.2 Å². The Bertz CT molecular complexity index is 592. The van der Waals surface area contributed by atoms with Gasteiger partial charge in [0.2, 0.25) is 5.91 Å². The van der Waals surface area contributed by atoms with E-state index >= 15 is 0 Å². The zero-order valence-electron chi connectivity index (χ0n) is 13.0. The van der Waals surface area contributed by atoms with E-state index in [0.717, 1.165) is 43.6 Å². The first kappa shape index (κ1) is 15.0. The number of anilines is 1. The first-order valence-electron chi connectivity index (χ1n) is 7.97. The Morgan fingerprint density at radius 1 is 1.32 bits per heavy atom. The van der Waals surface area contributed by atoms with Crippen molar-refractivity contribution in [1.82, 2.24) is 4.90 Å². The molecule has 1 atom stereocenters. The van der Waals surface area contributed by atoms with E-state index in [9.17, 15) is 9.59 Å². The van der Waals surface area contributed by atoms with Gasteiger partial charge in [0.05, 0.1) is 6.54 Å². The molecule has 0 aromatic heterocycles. The number of Topliss-reactive ketones (excluding diaryl/α,β-unsaturated/α-hetero) is 1. The van der Waals surface area contributed by atoms with Crippen molar-refractivity contribution < 1.29 is 9.59 Å². The average molecular weight is 301 g/mol. The fourth-order valence-corrected chi connectivity index (χ4v) is 3.39. The van der Waals surface area contributed by atoms with Crippen molar-refractivity contribution in [3.05, 3.63) is 29.3 Å². The normalized spacial score (nSPS) is 22.1. The van der Waals surface area contributed by atoms with Crippen LogP contribution in [0.25, 0.3) is 0 Å². The molecule has 5 nitrogen and oxygen atoms in total. The molecule has 5 heteroatoms. The number of piperidine rings is 1. The van der Waals surface area contributed by atoms with Gasteiger partial charge in [-0.25, -0.2) is 0 Å². The second-order valence-electron chi connectivity index (χ2n) is 6.50. The third-order valence-corrected chi connectivity index (χ3v) is 4.71. The zero-order valence-corrected chi connectivity index (χ0v) is 13.0. The third kappa shape index (κ3) is 3.14. The lowest BCUT2D eigenvalue weighted by Crippen LogP contribution is -2.40. The molecule has 22 heavy (non-hydrogen) atoms. The van der Waals surface area contributed by atoms with Crippen LogP contribution >= 0.6 is 0 Å². The second kappa shape index (κ2) is 6.08. The molecule has 3 rings (SSSR count). The van der Waals surface area contributed by atoms with Crippen molar-refractivity contribution in [3.63, 3.8) is 0 Å². The van der Waals surface area contributed by atoms with Crippen molar-refractivity contribution >= 4 is 17.4 Å². The van der Waals surface area contributed by atoms with Gasteiger partial charge in [-0.1, -0.05) is 0 Å². The molecule has 1 saturated heterocycles. The van der Waals surface area contributed by atoms with E-state index in [-0.39, 0.29) is 17.6 Å². The van der Waals surface area contributed by atoms with Gasteiger partial charge in [0, 0.05) is 23.2 Å². The van der Waals surface area contributed by atoms with Crippen molar-refractivity contribution in [3.8, 4) is 0 Å². The Labute approximate surface area is 130 Å². The maximum absolute atomic E-state index is 12.5. The quantitative estimate of drug-likeness (QED) is 0.825. The highest BCUT2D eigenvalue weighted by Crippen LogP contribution is 2.27. The Morgan fingerprint density at radius 3 is 2.73 bits per heavy atom. The number of hydrogen-bond acceptors (Lipinski definition) is 4. The van der Waals surface area contributed by atoms with Gasteiger partial charge < -0.3 is 11.1 Å². The summed E-state index contributed by atoms with van der Waals surface area (Å²) in [5, 5.41) is 3.39. The van der Waals surface area contributed by atoms with Crippen molar-refractivity contribution in [1.29, 1.82) is 0 Å². The number of likely N-dealkylation sites (tertiary alicyclic amines) is 1. The Hall–Kier alpha value is -1.88. The van der Waals surface area contributed by atoms with Crippen LogP contribution in [0.5, 0.6) is 0 Å².